The molecule has 0 spiro atoms. The SMILES string of the molecule is CC(C)(C)OC(=O)N1CCN(c2ccccc2Cn2ccnc2)CC1. The van der Waals surface area contributed by atoms with E-state index in [9.17, 15) is 4.79 Å². The number of para-hydroxylation sites is 1. The van der Waals surface area contributed by atoms with Crippen molar-refractivity contribution in [1.29, 1.82) is 0 Å². The largest absolute Gasteiger partial charge is 0.444 e. The number of nitrogens with zero attached hydrogens (tertiary/aromatic N) is 4. The number of hydrogen-bond donors (Lipinski definition) is 0. The fourth-order valence-electron chi connectivity index (χ4n) is 2.99. The summed E-state index contributed by atoms with van der Waals surface area (Å²) in [6.45, 7) is 9.44. The molecule has 134 valence electrons. The van der Waals surface area contributed by atoms with Crippen LogP contribution in [0.5, 0.6) is 0 Å². The first-order valence-corrected chi connectivity index (χ1v) is 8.69. The molecule has 0 unspecified atom stereocenters. The van der Waals surface area contributed by atoms with Crippen LogP contribution in [-0.4, -0.2) is 52.3 Å². The summed E-state index contributed by atoms with van der Waals surface area (Å²) in [5.41, 5.74) is 2.03. The van der Waals surface area contributed by atoms with Gasteiger partial charge in [-0.15, -0.1) is 0 Å². The lowest BCUT2D eigenvalue weighted by Crippen LogP contribution is -2.50. The smallest absolute Gasteiger partial charge is 0.410 e. The van der Waals surface area contributed by atoms with E-state index in [-0.39, 0.29) is 6.09 Å². The Morgan fingerprint density at radius 2 is 1.88 bits per heavy atom. The van der Waals surface area contributed by atoms with Crippen LogP contribution >= 0.6 is 0 Å². The summed E-state index contributed by atoms with van der Waals surface area (Å²) in [6.07, 6.45) is 5.37. The molecule has 25 heavy (non-hydrogen) atoms. The molecule has 6 nitrogen and oxygen atoms in total. The zero-order chi connectivity index (χ0) is 17.9. The molecule has 2 heterocycles. The molecule has 1 aliphatic heterocycles. The third kappa shape index (κ3) is 4.53. The molecule has 0 bridgehead atoms. The Kier molecular flexibility index (Phi) is 4.97. The number of carbonyl (C=O) groups is 1. The van der Waals surface area contributed by atoms with Gasteiger partial charge in [0.1, 0.15) is 5.60 Å². The van der Waals surface area contributed by atoms with Crippen LogP contribution in [0.4, 0.5) is 10.5 Å². The average molecular weight is 342 g/mol. The Morgan fingerprint density at radius 3 is 2.52 bits per heavy atom. The number of aromatic nitrogens is 2. The number of anilines is 1. The van der Waals surface area contributed by atoms with Crippen molar-refractivity contribution in [3.63, 3.8) is 0 Å². The number of ether oxygens (including phenoxy) is 1. The summed E-state index contributed by atoms with van der Waals surface area (Å²) in [7, 11) is 0. The highest BCUT2D eigenvalue weighted by atomic mass is 16.6. The van der Waals surface area contributed by atoms with Gasteiger partial charge in [-0.1, -0.05) is 18.2 Å². The average Bonchev–Trinajstić information content (AvgIpc) is 3.07. The molecule has 1 amide bonds. The van der Waals surface area contributed by atoms with Gasteiger partial charge in [-0.05, 0) is 32.4 Å². The molecular formula is C19H26N4O2. The summed E-state index contributed by atoms with van der Waals surface area (Å²) in [5.74, 6) is 0. The molecule has 1 aromatic carbocycles. The predicted octanol–water partition coefficient (Wildman–Crippen LogP) is 2.99. The topological polar surface area (TPSA) is 50.6 Å². The number of imidazole rings is 1. The Morgan fingerprint density at radius 1 is 1.16 bits per heavy atom. The Bertz CT molecular complexity index is 698. The molecule has 1 saturated heterocycles. The highest BCUT2D eigenvalue weighted by Gasteiger charge is 2.26. The molecule has 6 heteroatoms. The number of hydrogen-bond acceptors (Lipinski definition) is 4. The van der Waals surface area contributed by atoms with Crippen molar-refractivity contribution in [3.05, 3.63) is 48.5 Å². The molecule has 3 rings (SSSR count). The van der Waals surface area contributed by atoms with Gasteiger partial charge >= 0.3 is 6.09 Å². The maximum absolute atomic E-state index is 12.2. The fourth-order valence-corrected chi connectivity index (χ4v) is 2.99. The van der Waals surface area contributed by atoms with Crippen LogP contribution in [0.1, 0.15) is 26.3 Å². The Labute approximate surface area is 149 Å². The van der Waals surface area contributed by atoms with Gasteiger partial charge < -0.3 is 19.1 Å². The maximum Gasteiger partial charge on any atom is 0.410 e. The third-order valence-corrected chi connectivity index (χ3v) is 4.18. The van der Waals surface area contributed by atoms with Gasteiger partial charge in [0.2, 0.25) is 0 Å². The minimum atomic E-state index is -0.453. The summed E-state index contributed by atoms with van der Waals surface area (Å²) in [6, 6.07) is 8.42. The van der Waals surface area contributed by atoms with E-state index in [0.717, 1.165) is 19.6 Å². The predicted molar refractivity (Wildman–Crippen MR) is 97.8 cm³/mol. The highest BCUT2D eigenvalue weighted by molar-refractivity contribution is 5.68. The van der Waals surface area contributed by atoms with Gasteiger partial charge in [0, 0.05) is 44.3 Å². The van der Waals surface area contributed by atoms with Gasteiger partial charge in [-0.2, -0.15) is 0 Å². The first kappa shape index (κ1) is 17.3. The summed E-state index contributed by atoms with van der Waals surface area (Å²) in [4.78, 5) is 20.5. The van der Waals surface area contributed by atoms with Crippen molar-refractivity contribution < 1.29 is 9.53 Å². The van der Waals surface area contributed by atoms with Crippen LogP contribution < -0.4 is 4.90 Å². The van der Waals surface area contributed by atoms with Crippen LogP contribution in [0, 0.1) is 0 Å². The van der Waals surface area contributed by atoms with Crippen LogP contribution in [0.15, 0.2) is 43.0 Å². The second-order valence-electron chi connectivity index (χ2n) is 7.32. The fraction of sp³-hybridized carbons (Fsp3) is 0.474. The van der Waals surface area contributed by atoms with E-state index in [1.54, 1.807) is 11.1 Å². The van der Waals surface area contributed by atoms with Crippen molar-refractivity contribution in [3.8, 4) is 0 Å². The van der Waals surface area contributed by atoms with Crippen LogP contribution in [0.25, 0.3) is 0 Å². The Balaban J connectivity index is 1.64. The first-order chi connectivity index (χ1) is 11.9. The standard InChI is InChI=1S/C19H26N4O2/c1-19(2,3)25-18(24)23-12-10-22(11-13-23)17-7-5-4-6-16(17)14-21-9-8-20-15-21/h4-9,15H,10-14H2,1-3H3. The summed E-state index contributed by atoms with van der Waals surface area (Å²) < 4.78 is 7.54. The van der Waals surface area contributed by atoms with E-state index in [2.05, 4.69) is 38.7 Å². The lowest BCUT2D eigenvalue weighted by molar-refractivity contribution is 0.0240. The molecule has 0 radical (unpaired) electrons. The lowest BCUT2D eigenvalue weighted by Gasteiger charge is -2.37. The van der Waals surface area contributed by atoms with Crippen molar-refractivity contribution >= 4 is 11.8 Å². The van der Waals surface area contributed by atoms with E-state index in [1.165, 1.54) is 11.3 Å². The third-order valence-electron chi connectivity index (χ3n) is 4.18. The second-order valence-corrected chi connectivity index (χ2v) is 7.32. The molecule has 1 fully saturated rings. The first-order valence-electron chi connectivity index (χ1n) is 8.69. The lowest BCUT2D eigenvalue weighted by atomic mass is 10.1. The van der Waals surface area contributed by atoms with Crippen LogP contribution in [-0.2, 0) is 11.3 Å². The number of piperazine rings is 1. The molecule has 2 aromatic rings. The number of amides is 1. The summed E-state index contributed by atoms with van der Waals surface area (Å²) in [5, 5.41) is 0. The number of benzene rings is 1. The van der Waals surface area contributed by atoms with Crippen molar-refractivity contribution in [1.82, 2.24) is 14.5 Å². The Hall–Kier alpha value is -2.50. The quantitative estimate of drug-likeness (QED) is 0.860. The molecule has 0 aliphatic carbocycles. The van der Waals surface area contributed by atoms with Crippen molar-refractivity contribution in [2.45, 2.75) is 32.9 Å². The van der Waals surface area contributed by atoms with E-state index < -0.39 is 5.60 Å². The normalized spacial score (nSPS) is 15.3. The maximum atomic E-state index is 12.2. The van der Waals surface area contributed by atoms with E-state index in [1.807, 2.05) is 33.3 Å². The van der Waals surface area contributed by atoms with Gasteiger partial charge in [0.15, 0.2) is 0 Å². The minimum Gasteiger partial charge on any atom is -0.444 e. The highest BCUT2D eigenvalue weighted by Crippen LogP contribution is 2.23. The molecule has 0 atom stereocenters. The van der Waals surface area contributed by atoms with Gasteiger partial charge in [0.25, 0.3) is 0 Å². The van der Waals surface area contributed by atoms with Crippen molar-refractivity contribution in [2.75, 3.05) is 31.1 Å². The van der Waals surface area contributed by atoms with Crippen LogP contribution in [0.3, 0.4) is 0 Å². The molecule has 1 aromatic heterocycles. The van der Waals surface area contributed by atoms with Gasteiger partial charge in [0.05, 0.1) is 12.9 Å². The van der Waals surface area contributed by atoms with Gasteiger partial charge in [-0.25, -0.2) is 9.78 Å². The van der Waals surface area contributed by atoms with E-state index in [0.29, 0.717) is 13.1 Å². The van der Waals surface area contributed by atoms with Gasteiger partial charge in [-0.3, -0.25) is 0 Å². The monoisotopic (exact) mass is 342 g/mol. The molecular weight excluding hydrogens is 316 g/mol. The summed E-state index contributed by atoms with van der Waals surface area (Å²) >= 11 is 0. The number of rotatable bonds is 3. The molecule has 0 N–H and O–H groups in total. The molecule has 0 saturated carbocycles. The molecule has 1 aliphatic rings. The number of carbonyl (C=O) groups excluding carboxylic acids is 1. The van der Waals surface area contributed by atoms with Crippen LogP contribution in [0.2, 0.25) is 0 Å². The zero-order valence-corrected chi connectivity index (χ0v) is 15.2. The van der Waals surface area contributed by atoms with E-state index >= 15 is 0 Å². The second kappa shape index (κ2) is 7.17. The zero-order valence-electron chi connectivity index (χ0n) is 15.2. The minimum absolute atomic E-state index is 0.223. The van der Waals surface area contributed by atoms with E-state index in [4.69, 9.17) is 4.74 Å². The van der Waals surface area contributed by atoms with Crippen molar-refractivity contribution in [2.24, 2.45) is 0 Å².